The molecule has 1 aliphatic carbocycles. The second-order valence-corrected chi connectivity index (χ2v) is 8.39. The molecule has 6 nitrogen and oxygen atoms in total. The highest BCUT2D eigenvalue weighted by Crippen LogP contribution is 2.35. The largest absolute Gasteiger partial charge is 0.358 e. The smallest absolute Gasteiger partial charge is 0.285 e. The number of hydrogen-bond donors (Lipinski definition) is 2. The van der Waals surface area contributed by atoms with Crippen LogP contribution in [0.25, 0.3) is 11.3 Å². The Morgan fingerprint density at radius 2 is 1.97 bits per heavy atom. The van der Waals surface area contributed by atoms with E-state index < -0.39 is 0 Å². The highest BCUT2D eigenvalue weighted by Gasteiger charge is 2.26. The molecular weight excluding hydrogens is 408 g/mol. The zero-order valence-corrected chi connectivity index (χ0v) is 17.5. The molecule has 3 heterocycles. The first-order chi connectivity index (χ1) is 15.2. The van der Waals surface area contributed by atoms with Crippen molar-refractivity contribution in [1.29, 1.82) is 0 Å². The zero-order chi connectivity index (χ0) is 21.2. The van der Waals surface area contributed by atoms with Crippen LogP contribution in [0.1, 0.15) is 49.8 Å². The molecule has 0 aliphatic heterocycles. The molecule has 1 amide bonds. The van der Waals surface area contributed by atoms with Crippen molar-refractivity contribution in [2.24, 2.45) is 0 Å². The van der Waals surface area contributed by atoms with Gasteiger partial charge in [-0.05, 0) is 36.1 Å². The van der Waals surface area contributed by atoms with Gasteiger partial charge in [-0.3, -0.25) is 9.59 Å². The molecule has 4 aromatic rings. The molecule has 0 bridgehead atoms. The number of aromatic amines is 1. The molecule has 1 aliphatic rings. The summed E-state index contributed by atoms with van der Waals surface area (Å²) in [6, 6.07) is 13.9. The SMILES string of the molecule is O=C(Nc1cc(-c2[nH]c3c(c2Cc2ccccc2)C(=O)CCC3)ccn1)c1nccs1. The number of H-pyrrole nitrogens is 1. The summed E-state index contributed by atoms with van der Waals surface area (Å²) in [5, 5.41) is 4.96. The molecule has 0 fully saturated rings. The number of benzene rings is 1. The molecule has 3 aromatic heterocycles. The predicted molar refractivity (Wildman–Crippen MR) is 121 cm³/mol. The monoisotopic (exact) mass is 428 g/mol. The molecule has 0 saturated heterocycles. The number of ketones is 1. The molecule has 154 valence electrons. The summed E-state index contributed by atoms with van der Waals surface area (Å²) < 4.78 is 0. The minimum Gasteiger partial charge on any atom is -0.358 e. The van der Waals surface area contributed by atoms with E-state index in [1.807, 2.05) is 30.3 Å². The molecule has 0 atom stereocenters. The number of amides is 1. The van der Waals surface area contributed by atoms with Crippen LogP contribution in [-0.4, -0.2) is 26.6 Å². The molecule has 0 spiro atoms. The Balaban J connectivity index is 1.54. The molecule has 2 N–H and O–H groups in total. The van der Waals surface area contributed by atoms with Gasteiger partial charge >= 0.3 is 0 Å². The number of pyridine rings is 1. The molecule has 0 unspecified atom stereocenters. The van der Waals surface area contributed by atoms with E-state index in [1.165, 1.54) is 11.3 Å². The van der Waals surface area contributed by atoms with Crippen LogP contribution >= 0.6 is 11.3 Å². The van der Waals surface area contributed by atoms with Crippen LogP contribution < -0.4 is 5.32 Å². The highest BCUT2D eigenvalue weighted by molar-refractivity contribution is 7.11. The third-order valence-electron chi connectivity index (χ3n) is 5.43. The number of anilines is 1. The van der Waals surface area contributed by atoms with Crippen molar-refractivity contribution < 1.29 is 9.59 Å². The van der Waals surface area contributed by atoms with Gasteiger partial charge in [0.15, 0.2) is 10.8 Å². The van der Waals surface area contributed by atoms with Gasteiger partial charge in [0.2, 0.25) is 0 Å². The van der Waals surface area contributed by atoms with Crippen molar-refractivity contribution in [1.82, 2.24) is 15.0 Å². The van der Waals surface area contributed by atoms with E-state index in [0.717, 1.165) is 46.5 Å². The minimum atomic E-state index is -0.287. The second-order valence-electron chi connectivity index (χ2n) is 7.49. The van der Waals surface area contributed by atoms with Crippen molar-refractivity contribution in [3.8, 4) is 11.3 Å². The summed E-state index contributed by atoms with van der Waals surface area (Å²) in [6.45, 7) is 0. The van der Waals surface area contributed by atoms with Gasteiger partial charge in [-0.15, -0.1) is 11.3 Å². The van der Waals surface area contributed by atoms with Gasteiger partial charge in [0.05, 0.1) is 5.69 Å². The molecule has 7 heteroatoms. The normalized spacial score (nSPS) is 13.1. The lowest BCUT2D eigenvalue weighted by Crippen LogP contribution is -2.12. The number of nitrogens with zero attached hydrogens (tertiary/aromatic N) is 2. The first-order valence-corrected chi connectivity index (χ1v) is 11.0. The van der Waals surface area contributed by atoms with Crippen LogP contribution in [0.3, 0.4) is 0 Å². The van der Waals surface area contributed by atoms with Crippen molar-refractivity contribution in [3.05, 3.63) is 87.6 Å². The maximum atomic E-state index is 12.8. The summed E-state index contributed by atoms with van der Waals surface area (Å²) in [7, 11) is 0. The molecule has 0 saturated carbocycles. The number of carbonyl (C=O) groups is 2. The number of carbonyl (C=O) groups excluding carboxylic acids is 2. The summed E-state index contributed by atoms with van der Waals surface area (Å²) in [5.74, 6) is 0.355. The Bertz CT molecular complexity index is 1250. The van der Waals surface area contributed by atoms with Crippen LogP contribution in [0.4, 0.5) is 5.82 Å². The summed E-state index contributed by atoms with van der Waals surface area (Å²) in [5.41, 5.74) is 5.79. The summed E-state index contributed by atoms with van der Waals surface area (Å²) in [6.07, 6.45) is 6.23. The molecular formula is C24H20N4O2S. The third kappa shape index (κ3) is 3.92. The fraction of sp³-hybridized carbons (Fsp3) is 0.167. The first-order valence-electron chi connectivity index (χ1n) is 10.2. The number of nitrogens with one attached hydrogen (secondary N) is 2. The Morgan fingerprint density at radius 3 is 2.77 bits per heavy atom. The first kappa shape index (κ1) is 19.4. The third-order valence-corrected chi connectivity index (χ3v) is 6.20. The van der Waals surface area contributed by atoms with E-state index in [9.17, 15) is 9.59 Å². The zero-order valence-electron chi connectivity index (χ0n) is 16.7. The van der Waals surface area contributed by atoms with Crippen molar-refractivity contribution in [2.75, 3.05) is 5.32 Å². The van der Waals surface area contributed by atoms with E-state index in [2.05, 4.69) is 32.4 Å². The number of Topliss-reactive ketones (excluding diaryl/α,β-unsaturated/α-hetero) is 1. The number of aryl methyl sites for hydroxylation is 1. The van der Waals surface area contributed by atoms with Gasteiger partial charge < -0.3 is 10.3 Å². The van der Waals surface area contributed by atoms with Gasteiger partial charge in [0.25, 0.3) is 5.91 Å². The minimum absolute atomic E-state index is 0.195. The van der Waals surface area contributed by atoms with Crippen molar-refractivity contribution in [2.45, 2.75) is 25.7 Å². The Kier molecular flexibility index (Phi) is 5.18. The van der Waals surface area contributed by atoms with E-state index >= 15 is 0 Å². The molecule has 1 aromatic carbocycles. The van der Waals surface area contributed by atoms with Crippen LogP contribution in [0, 0.1) is 0 Å². The van der Waals surface area contributed by atoms with E-state index in [4.69, 9.17) is 0 Å². The number of hydrogen-bond acceptors (Lipinski definition) is 5. The second kappa shape index (κ2) is 8.28. The molecule has 31 heavy (non-hydrogen) atoms. The van der Waals surface area contributed by atoms with Crippen LogP contribution in [0.2, 0.25) is 0 Å². The van der Waals surface area contributed by atoms with Gasteiger partial charge in [-0.25, -0.2) is 9.97 Å². The Hall–Kier alpha value is -3.58. The van der Waals surface area contributed by atoms with Crippen LogP contribution in [0.5, 0.6) is 0 Å². The highest BCUT2D eigenvalue weighted by atomic mass is 32.1. The van der Waals surface area contributed by atoms with Gasteiger partial charge in [0, 0.05) is 47.4 Å². The van der Waals surface area contributed by atoms with E-state index in [-0.39, 0.29) is 11.7 Å². The molecule has 0 radical (unpaired) electrons. The maximum absolute atomic E-state index is 12.8. The lowest BCUT2D eigenvalue weighted by atomic mass is 9.90. The number of thiazole rings is 1. The quantitative estimate of drug-likeness (QED) is 0.473. The number of fused-ring (bicyclic) bond motifs is 1. The summed E-state index contributed by atoms with van der Waals surface area (Å²) >= 11 is 1.28. The lowest BCUT2D eigenvalue weighted by molar-refractivity contribution is 0.0970. The fourth-order valence-corrected chi connectivity index (χ4v) is 4.58. The molecule has 5 rings (SSSR count). The van der Waals surface area contributed by atoms with Gasteiger partial charge in [-0.2, -0.15) is 0 Å². The van der Waals surface area contributed by atoms with E-state index in [0.29, 0.717) is 23.7 Å². The van der Waals surface area contributed by atoms with Gasteiger partial charge in [0.1, 0.15) is 5.82 Å². The van der Waals surface area contributed by atoms with Crippen LogP contribution in [-0.2, 0) is 12.8 Å². The average Bonchev–Trinajstić information content (AvgIpc) is 3.44. The van der Waals surface area contributed by atoms with Gasteiger partial charge in [-0.1, -0.05) is 30.3 Å². The number of aromatic nitrogens is 3. The number of rotatable bonds is 5. The van der Waals surface area contributed by atoms with E-state index in [1.54, 1.807) is 17.8 Å². The predicted octanol–water partition coefficient (Wildman–Crippen LogP) is 4.90. The lowest BCUT2D eigenvalue weighted by Gasteiger charge is -2.12. The summed E-state index contributed by atoms with van der Waals surface area (Å²) in [4.78, 5) is 37.0. The van der Waals surface area contributed by atoms with Crippen molar-refractivity contribution in [3.63, 3.8) is 0 Å². The van der Waals surface area contributed by atoms with Crippen LogP contribution in [0.15, 0.2) is 60.2 Å². The maximum Gasteiger partial charge on any atom is 0.285 e. The topological polar surface area (TPSA) is 87.7 Å². The Morgan fingerprint density at radius 1 is 1.10 bits per heavy atom. The van der Waals surface area contributed by atoms with Crippen molar-refractivity contribution >= 4 is 28.8 Å². The fourth-order valence-electron chi connectivity index (χ4n) is 4.05. The Labute approximate surface area is 183 Å². The standard InChI is InChI=1S/C24H20N4O2S/c29-19-8-4-7-18-21(19)17(13-15-5-2-1-3-6-15)22(27-18)16-9-10-25-20(14-16)28-23(30)24-26-11-12-31-24/h1-3,5-6,9-12,14,27H,4,7-8,13H2,(H,25,28,30). The average molecular weight is 429 g/mol.